The van der Waals surface area contributed by atoms with E-state index in [0.717, 1.165) is 67.0 Å². The minimum atomic E-state index is 0.421. The lowest BCUT2D eigenvalue weighted by Crippen LogP contribution is -2.44. The van der Waals surface area contributed by atoms with Crippen molar-refractivity contribution >= 4 is 27.9 Å². The fourth-order valence-corrected chi connectivity index (χ4v) is 4.04. The highest BCUT2D eigenvalue weighted by Gasteiger charge is 2.28. The van der Waals surface area contributed by atoms with Gasteiger partial charge in [-0.25, -0.2) is 9.97 Å². The topological polar surface area (TPSA) is 63.4 Å². The molecule has 2 fully saturated rings. The Morgan fingerprint density at radius 2 is 1.96 bits per heavy atom. The van der Waals surface area contributed by atoms with Gasteiger partial charge in [0.25, 0.3) is 0 Å². The van der Waals surface area contributed by atoms with E-state index in [1.807, 2.05) is 24.3 Å². The summed E-state index contributed by atoms with van der Waals surface area (Å²) in [4.78, 5) is 11.4. The minimum absolute atomic E-state index is 0.421. The van der Waals surface area contributed by atoms with Gasteiger partial charge in [-0.1, -0.05) is 12.1 Å². The number of hydrogen-bond donors (Lipinski definition) is 1. The molecule has 6 nitrogen and oxygen atoms in total. The molecule has 5 rings (SSSR count). The summed E-state index contributed by atoms with van der Waals surface area (Å²) in [5, 5.41) is 4.63. The first-order chi connectivity index (χ1) is 12.4. The molecule has 0 amide bonds. The maximum absolute atomic E-state index is 6.01. The van der Waals surface area contributed by atoms with E-state index in [1.54, 1.807) is 6.33 Å². The predicted octanol–water partition coefficient (Wildman–Crippen LogP) is 3.04. The van der Waals surface area contributed by atoms with E-state index in [-0.39, 0.29) is 0 Å². The molecule has 0 saturated carbocycles. The van der Waals surface area contributed by atoms with E-state index >= 15 is 0 Å². The Labute approximate surface area is 146 Å². The number of fused-ring (bicyclic) bond motifs is 3. The Bertz CT molecular complexity index is 879. The van der Waals surface area contributed by atoms with Gasteiger partial charge in [-0.2, -0.15) is 0 Å². The Balaban J connectivity index is 1.34. The van der Waals surface area contributed by atoms with Crippen molar-refractivity contribution in [1.29, 1.82) is 0 Å². The first-order valence-corrected chi connectivity index (χ1v) is 9.09. The van der Waals surface area contributed by atoms with Gasteiger partial charge in [0.15, 0.2) is 11.4 Å². The van der Waals surface area contributed by atoms with Crippen LogP contribution in [0.2, 0.25) is 0 Å². The SMILES string of the molecule is c1ccc2c(c1)oc1c(NC3CCN(C4CCOC4)CC3)ncnc12. The van der Waals surface area contributed by atoms with E-state index in [0.29, 0.717) is 12.1 Å². The van der Waals surface area contributed by atoms with E-state index < -0.39 is 0 Å². The molecule has 4 heterocycles. The van der Waals surface area contributed by atoms with Crippen LogP contribution >= 0.6 is 0 Å². The summed E-state index contributed by atoms with van der Waals surface area (Å²) >= 11 is 0. The number of para-hydroxylation sites is 1. The average molecular weight is 338 g/mol. The zero-order chi connectivity index (χ0) is 16.6. The van der Waals surface area contributed by atoms with Crippen molar-refractivity contribution in [3.63, 3.8) is 0 Å². The predicted molar refractivity (Wildman–Crippen MR) is 96.8 cm³/mol. The van der Waals surface area contributed by atoms with Gasteiger partial charge in [0.1, 0.15) is 17.4 Å². The lowest BCUT2D eigenvalue weighted by molar-refractivity contribution is 0.124. The van der Waals surface area contributed by atoms with Gasteiger partial charge >= 0.3 is 0 Å². The number of aromatic nitrogens is 2. The molecule has 1 N–H and O–H groups in total. The second-order valence-corrected chi connectivity index (χ2v) is 6.97. The second kappa shape index (κ2) is 6.28. The molecular weight excluding hydrogens is 316 g/mol. The van der Waals surface area contributed by atoms with Crippen LogP contribution in [0.25, 0.3) is 22.1 Å². The number of piperidine rings is 1. The Kier molecular flexibility index (Phi) is 3.79. The molecule has 3 aromatic rings. The van der Waals surface area contributed by atoms with Crippen LogP contribution in [0.4, 0.5) is 5.82 Å². The van der Waals surface area contributed by atoms with Crippen molar-refractivity contribution in [3.8, 4) is 0 Å². The van der Waals surface area contributed by atoms with Crippen molar-refractivity contribution in [3.05, 3.63) is 30.6 Å². The van der Waals surface area contributed by atoms with Crippen molar-refractivity contribution < 1.29 is 9.15 Å². The number of nitrogens with zero attached hydrogens (tertiary/aromatic N) is 3. The van der Waals surface area contributed by atoms with Crippen LogP contribution in [-0.2, 0) is 4.74 Å². The molecule has 25 heavy (non-hydrogen) atoms. The third-order valence-electron chi connectivity index (χ3n) is 5.45. The molecule has 2 saturated heterocycles. The van der Waals surface area contributed by atoms with Crippen molar-refractivity contribution in [1.82, 2.24) is 14.9 Å². The molecule has 0 aliphatic carbocycles. The number of nitrogens with one attached hydrogen (secondary N) is 1. The molecule has 2 aromatic heterocycles. The second-order valence-electron chi connectivity index (χ2n) is 6.97. The number of ether oxygens (including phenoxy) is 1. The zero-order valence-corrected chi connectivity index (χ0v) is 14.1. The van der Waals surface area contributed by atoms with Crippen LogP contribution in [0.5, 0.6) is 0 Å². The lowest BCUT2D eigenvalue weighted by atomic mass is 10.0. The largest absolute Gasteiger partial charge is 0.450 e. The van der Waals surface area contributed by atoms with Crippen LogP contribution < -0.4 is 5.32 Å². The highest BCUT2D eigenvalue weighted by Crippen LogP contribution is 2.31. The molecule has 0 radical (unpaired) electrons. The summed E-state index contributed by atoms with van der Waals surface area (Å²) in [5.41, 5.74) is 2.50. The van der Waals surface area contributed by atoms with E-state index in [2.05, 4.69) is 20.2 Å². The van der Waals surface area contributed by atoms with Crippen molar-refractivity contribution in [2.24, 2.45) is 0 Å². The average Bonchev–Trinajstić information content (AvgIpc) is 3.31. The van der Waals surface area contributed by atoms with Gasteiger partial charge in [0.2, 0.25) is 0 Å². The summed E-state index contributed by atoms with van der Waals surface area (Å²) in [6.45, 7) is 4.03. The molecule has 2 aliphatic rings. The number of rotatable bonds is 3. The summed E-state index contributed by atoms with van der Waals surface area (Å²) in [7, 11) is 0. The van der Waals surface area contributed by atoms with Gasteiger partial charge in [0.05, 0.1) is 6.61 Å². The zero-order valence-electron chi connectivity index (χ0n) is 14.1. The number of anilines is 1. The first-order valence-electron chi connectivity index (χ1n) is 9.09. The van der Waals surface area contributed by atoms with E-state index in [9.17, 15) is 0 Å². The van der Waals surface area contributed by atoms with E-state index in [1.165, 1.54) is 6.42 Å². The van der Waals surface area contributed by atoms with Crippen molar-refractivity contribution in [2.75, 3.05) is 31.6 Å². The molecule has 1 aromatic carbocycles. The number of furan rings is 1. The first kappa shape index (κ1) is 15.1. The quantitative estimate of drug-likeness (QED) is 0.792. The smallest absolute Gasteiger partial charge is 0.196 e. The van der Waals surface area contributed by atoms with Crippen molar-refractivity contribution in [2.45, 2.75) is 31.3 Å². The molecular formula is C19H22N4O2. The lowest BCUT2D eigenvalue weighted by Gasteiger charge is -2.35. The van der Waals surface area contributed by atoms with Gasteiger partial charge in [-0.05, 0) is 31.4 Å². The summed E-state index contributed by atoms with van der Waals surface area (Å²) in [5.74, 6) is 0.809. The summed E-state index contributed by atoms with van der Waals surface area (Å²) < 4.78 is 11.5. The fourth-order valence-electron chi connectivity index (χ4n) is 4.04. The van der Waals surface area contributed by atoms with E-state index in [4.69, 9.17) is 9.15 Å². The molecule has 0 bridgehead atoms. The van der Waals surface area contributed by atoms with Crippen LogP contribution in [-0.4, -0.2) is 53.3 Å². The maximum Gasteiger partial charge on any atom is 0.196 e. The number of likely N-dealkylation sites (tertiary alicyclic amines) is 1. The molecule has 1 atom stereocenters. The molecule has 1 unspecified atom stereocenters. The van der Waals surface area contributed by atoms with Crippen LogP contribution in [0.3, 0.4) is 0 Å². The highest BCUT2D eigenvalue weighted by molar-refractivity contribution is 6.05. The Hall–Kier alpha value is -2.18. The normalized spacial score (nSPS) is 22.8. The number of benzene rings is 1. The standard InChI is InChI=1S/C19H22N4O2/c1-2-4-16-15(3-1)17-18(25-16)19(21-12-20-17)22-13-5-8-23(9-6-13)14-7-10-24-11-14/h1-4,12-14H,5-11H2,(H,20,21,22). The molecule has 130 valence electrons. The molecule has 2 aliphatic heterocycles. The third kappa shape index (κ3) is 2.75. The summed E-state index contributed by atoms with van der Waals surface area (Å²) in [6.07, 6.45) is 5.02. The Morgan fingerprint density at radius 1 is 1.08 bits per heavy atom. The minimum Gasteiger partial charge on any atom is -0.450 e. The van der Waals surface area contributed by atoms with Gasteiger partial charge < -0.3 is 14.5 Å². The monoisotopic (exact) mass is 338 g/mol. The van der Waals surface area contributed by atoms with Gasteiger partial charge in [-0.15, -0.1) is 0 Å². The maximum atomic E-state index is 6.01. The van der Waals surface area contributed by atoms with Gasteiger partial charge in [-0.3, -0.25) is 4.90 Å². The molecule has 6 heteroatoms. The number of hydrogen-bond acceptors (Lipinski definition) is 6. The highest BCUT2D eigenvalue weighted by atomic mass is 16.5. The van der Waals surface area contributed by atoms with Crippen LogP contribution in [0.15, 0.2) is 35.0 Å². The third-order valence-corrected chi connectivity index (χ3v) is 5.45. The summed E-state index contributed by atoms with van der Waals surface area (Å²) in [6, 6.07) is 9.04. The Morgan fingerprint density at radius 3 is 2.80 bits per heavy atom. The van der Waals surface area contributed by atoms with Crippen LogP contribution in [0.1, 0.15) is 19.3 Å². The fraction of sp³-hybridized carbons (Fsp3) is 0.474. The van der Waals surface area contributed by atoms with Gasteiger partial charge in [0, 0.05) is 37.2 Å². The molecule has 0 spiro atoms. The van der Waals surface area contributed by atoms with Crippen LogP contribution in [0, 0.1) is 0 Å².